The quantitative estimate of drug-likeness (QED) is 0.155. The van der Waals surface area contributed by atoms with Gasteiger partial charge in [0, 0.05) is 72.6 Å². The number of nitrogens with one attached hydrogen (secondary N) is 1. The summed E-state index contributed by atoms with van der Waals surface area (Å²) in [5.74, 6) is 2.70. The highest BCUT2D eigenvalue weighted by Gasteiger charge is 2.42. The van der Waals surface area contributed by atoms with Crippen molar-refractivity contribution in [2.45, 2.75) is 101 Å². The lowest BCUT2D eigenvalue weighted by molar-refractivity contribution is 0.397. The van der Waals surface area contributed by atoms with Crippen molar-refractivity contribution in [3.8, 4) is 11.3 Å². The summed E-state index contributed by atoms with van der Waals surface area (Å²) in [5, 5.41) is 6.57. The summed E-state index contributed by atoms with van der Waals surface area (Å²) in [7, 11) is 0. The van der Waals surface area contributed by atoms with Gasteiger partial charge in [-0.25, -0.2) is 9.98 Å². The van der Waals surface area contributed by atoms with Gasteiger partial charge in [-0.3, -0.25) is 4.98 Å². The molecule has 0 radical (unpaired) electrons. The predicted octanol–water partition coefficient (Wildman–Crippen LogP) is 15.4. The van der Waals surface area contributed by atoms with E-state index in [2.05, 4.69) is 174 Å². The van der Waals surface area contributed by atoms with Crippen LogP contribution in [0.2, 0.25) is 0 Å². The van der Waals surface area contributed by atoms with Gasteiger partial charge in [-0.2, -0.15) is 0 Å². The van der Waals surface area contributed by atoms with Crippen LogP contribution in [-0.2, 0) is 0 Å². The highest BCUT2D eigenvalue weighted by atomic mass is 32.1. The molecule has 5 atom stereocenters. The first-order chi connectivity index (χ1) is 33.7. The molecule has 0 spiro atoms. The number of nitrogens with zero attached hydrogens (tertiary/aromatic N) is 4. The average molecular weight is 904 g/mol. The zero-order valence-corrected chi connectivity index (χ0v) is 39.5. The molecule has 0 saturated heterocycles. The van der Waals surface area contributed by atoms with Crippen molar-refractivity contribution >= 4 is 54.4 Å². The van der Waals surface area contributed by atoms with Crippen molar-refractivity contribution in [1.82, 2.24) is 10.3 Å². The zero-order chi connectivity index (χ0) is 45.0. The summed E-state index contributed by atoms with van der Waals surface area (Å²) in [5.41, 5.74) is 15.4. The van der Waals surface area contributed by atoms with Crippen molar-refractivity contribution < 1.29 is 0 Å². The molecule has 5 nitrogen and oxygen atoms in total. The third-order valence-electron chi connectivity index (χ3n) is 15.8. The molecule has 2 aromatic heterocycles. The Labute approximate surface area is 404 Å². The molecule has 4 heterocycles. The number of aromatic nitrogens is 1. The van der Waals surface area contributed by atoms with Crippen LogP contribution in [0.1, 0.15) is 117 Å². The fourth-order valence-corrected chi connectivity index (χ4v) is 13.5. The van der Waals surface area contributed by atoms with E-state index in [0.29, 0.717) is 17.9 Å². The first kappa shape index (κ1) is 41.5. The van der Waals surface area contributed by atoms with E-state index in [1.165, 1.54) is 84.2 Å². The largest absolute Gasteiger partial charge is 0.340 e. The van der Waals surface area contributed by atoms with E-state index >= 15 is 0 Å². The Kier molecular flexibility index (Phi) is 10.9. The van der Waals surface area contributed by atoms with Gasteiger partial charge in [0.15, 0.2) is 0 Å². The molecular formula is C62H57N5S. The highest BCUT2D eigenvalue weighted by Crippen LogP contribution is 2.55. The number of fused-ring (bicyclic) bond motifs is 7. The van der Waals surface area contributed by atoms with Crippen LogP contribution in [0.3, 0.4) is 0 Å². The number of benzene rings is 4. The number of rotatable bonds is 8. The summed E-state index contributed by atoms with van der Waals surface area (Å²) < 4.78 is 2.64. The molecule has 5 unspecified atom stereocenters. The lowest BCUT2D eigenvalue weighted by Gasteiger charge is -2.34. The third kappa shape index (κ3) is 7.49. The summed E-state index contributed by atoms with van der Waals surface area (Å²) in [6.07, 6.45) is 39.0. The minimum atomic E-state index is -0.200. The van der Waals surface area contributed by atoms with Gasteiger partial charge in [0.05, 0.1) is 11.4 Å². The first-order valence-corrected chi connectivity index (χ1v) is 26.1. The molecule has 2 aliphatic heterocycles. The maximum atomic E-state index is 5.60. The molecule has 6 heteroatoms. The fourth-order valence-electron chi connectivity index (χ4n) is 12.3. The SMILES string of the molecule is C1=CCCC(N2c3c(ccc4sc5cc(-c6ncc(C7CC(C8=CCCCC8)=CC=C7c7ccccc7)cc6C6=NC(C7CC=CCC7)N=C(c7ccccc7)N6)ccc5c34)C3CC=CCC32)=C1. The van der Waals surface area contributed by atoms with Gasteiger partial charge in [0.1, 0.15) is 17.8 Å². The smallest absolute Gasteiger partial charge is 0.147 e. The van der Waals surface area contributed by atoms with Crippen LogP contribution >= 0.6 is 11.3 Å². The molecule has 6 aromatic rings. The van der Waals surface area contributed by atoms with Crippen LogP contribution in [0.5, 0.6) is 0 Å². The van der Waals surface area contributed by atoms with Crippen LogP contribution < -0.4 is 10.2 Å². The number of anilines is 1. The molecule has 0 fully saturated rings. The fraction of sp³-hybridized carbons (Fsp3) is 0.274. The first-order valence-electron chi connectivity index (χ1n) is 25.3. The second kappa shape index (κ2) is 17.8. The number of amidine groups is 2. The van der Waals surface area contributed by atoms with E-state index in [0.717, 1.165) is 91.8 Å². The van der Waals surface area contributed by atoms with Crippen LogP contribution in [0, 0.1) is 5.92 Å². The standard InChI is InChI=1S/C62H57N5S/c1-6-18-40(19-7-1)44-30-32-48(41-20-8-2-9-21-41)52(36-44)46-37-53(62-65-60(42-22-10-3-11-23-42)64-61(66-62)43-24-12-4-13-25-43)58(63-39-46)45-31-33-51-56(38-45)68-55-35-34-50-49-28-16-17-29-54(49)67(59(50)57(51)55)47-26-14-5-15-27-47/h2-5,8-12,14,16-18,20-23,26,30-35,37-39,43,49,52,54,61H,1,6-7,13,15,19,24-25,27-29,36H2,(H,64,65,66). The van der Waals surface area contributed by atoms with E-state index in [-0.39, 0.29) is 12.1 Å². The molecule has 5 aliphatic carbocycles. The van der Waals surface area contributed by atoms with E-state index in [1.807, 2.05) is 11.3 Å². The van der Waals surface area contributed by atoms with Crippen LogP contribution in [0.4, 0.5) is 5.69 Å². The van der Waals surface area contributed by atoms with Crippen molar-refractivity contribution in [3.63, 3.8) is 0 Å². The Morgan fingerprint density at radius 1 is 0.662 bits per heavy atom. The van der Waals surface area contributed by atoms with Crippen LogP contribution in [0.15, 0.2) is 191 Å². The second-order valence-corrected chi connectivity index (χ2v) is 20.9. The third-order valence-corrected chi connectivity index (χ3v) is 16.9. The summed E-state index contributed by atoms with van der Waals surface area (Å²) in [4.78, 5) is 19.3. The number of aliphatic imine (C=N–C) groups is 2. The van der Waals surface area contributed by atoms with E-state index in [1.54, 1.807) is 0 Å². The van der Waals surface area contributed by atoms with Gasteiger partial charge in [0.25, 0.3) is 0 Å². The van der Waals surface area contributed by atoms with Crippen molar-refractivity contribution in [1.29, 1.82) is 0 Å². The normalized spacial score (nSPS) is 24.4. The zero-order valence-electron chi connectivity index (χ0n) is 38.7. The van der Waals surface area contributed by atoms with Gasteiger partial charge in [-0.05, 0) is 135 Å². The minimum Gasteiger partial charge on any atom is -0.340 e. The summed E-state index contributed by atoms with van der Waals surface area (Å²) in [6.45, 7) is 0. The number of thiophene rings is 1. The van der Waals surface area contributed by atoms with Crippen LogP contribution in [0.25, 0.3) is 37.0 Å². The molecule has 68 heavy (non-hydrogen) atoms. The topological polar surface area (TPSA) is 52.9 Å². The number of pyridine rings is 1. The monoisotopic (exact) mass is 903 g/mol. The molecule has 0 amide bonds. The summed E-state index contributed by atoms with van der Waals surface area (Å²) >= 11 is 1.92. The minimum absolute atomic E-state index is 0.134. The molecular weight excluding hydrogens is 847 g/mol. The lowest BCUT2D eigenvalue weighted by Crippen LogP contribution is -2.40. The van der Waals surface area contributed by atoms with Crippen molar-refractivity contribution in [2.24, 2.45) is 15.9 Å². The molecule has 0 bridgehead atoms. The molecule has 0 saturated carbocycles. The van der Waals surface area contributed by atoms with Crippen LogP contribution in [-0.4, -0.2) is 28.9 Å². The second-order valence-electron chi connectivity index (χ2n) is 19.8. The Hall–Kier alpha value is -6.63. The van der Waals surface area contributed by atoms with Gasteiger partial charge >= 0.3 is 0 Å². The van der Waals surface area contributed by atoms with E-state index in [9.17, 15) is 0 Å². The Balaban J connectivity index is 0.971. The Morgan fingerprint density at radius 3 is 2.34 bits per heavy atom. The maximum absolute atomic E-state index is 5.60. The number of allylic oxidation sites excluding steroid dienone is 13. The molecule has 1 N–H and O–H groups in total. The summed E-state index contributed by atoms with van der Waals surface area (Å²) in [6, 6.07) is 36.5. The number of hydrogen-bond donors (Lipinski definition) is 1. The van der Waals surface area contributed by atoms with Gasteiger partial charge in [-0.15, -0.1) is 11.3 Å². The van der Waals surface area contributed by atoms with Gasteiger partial charge in [-0.1, -0.05) is 134 Å². The average Bonchev–Trinajstić information content (AvgIpc) is 3.97. The molecule has 4 aromatic carbocycles. The molecule has 13 rings (SSSR count). The Morgan fingerprint density at radius 2 is 1.51 bits per heavy atom. The highest BCUT2D eigenvalue weighted by molar-refractivity contribution is 7.26. The predicted molar refractivity (Wildman–Crippen MR) is 286 cm³/mol. The van der Waals surface area contributed by atoms with Gasteiger partial charge < -0.3 is 10.2 Å². The lowest BCUT2D eigenvalue weighted by atomic mass is 9.76. The maximum Gasteiger partial charge on any atom is 0.147 e. The molecule has 336 valence electrons. The number of hydrogen-bond acceptors (Lipinski definition) is 6. The van der Waals surface area contributed by atoms with E-state index < -0.39 is 0 Å². The van der Waals surface area contributed by atoms with Crippen molar-refractivity contribution in [2.75, 3.05) is 4.90 Å². The Bertz CT molecular complexity index is 3250. The van der Waals surface area contributed by atoms with Crippen molar-refractivity contribution in [3.05, 3.63) is 209 Å². The van der Waals surface area contributed by atoms with Gasteiger partial charge in [0.2, 0.25) is 0 Å². The van der Waals surface area contributed by atoms with E-state index in [4.69, 9.17) is 15.0 Å². The molecule has 7 aliphatic rings.